The summed E-state index contributed by atoms with van der Waals surface area (Å²) in [6.07, 6.45) is 2.20. The second kappa shape index (κ2) is 5.81. The average Bonchev–Trinajstić information content (AvgIpc) is 2.12. The average molecular weight is 228 g/mol. The van der Waals surface area contributed by atoms with Gasteiger partial charge in [0.15, 0.2) is 0 Å². The highest BCUT2D eigenvalue weighted by Crippen LogP contribution is 2.25. The quantitative estimate of drug-likeness (QED) is 0.662. The smallest absolute Gasteiger partial charge is 0.137 e. The lowest BCUT2D eigenvalue weighted by Crippen LogP contribution is -2.34. The van der Waals surface area contributed by atoms with Crippen LogP contribution in [0.4, 0.5) is 0 Å². The molecule has 0 spiro atoms. The van der Waals surface area contributed by atoms with Crippen molar-refractivity contribution in [3.8, 4) is 0 Å². The van der Waals surface area contributed by atoms with Crippen molar-refractivity contribution in [1.29, 1.82) is 0 Å². The monoisotopic (exact) mass is 228 g/mol. The summed E-state index contributed by atoms with van der Waals surface area (Å²) in [5, 5.41) is 0. The van der Waals surface area contributed by atoms with Gasteiger partial charge in [0.2, 0.25) is 0 Å². The van der Waals surface area contributed by atoms with Gasteiger partial charge >= 0.3 is 0 Å². The molecule has 0 aromatic heterocycles. The predicted molar refractivity (Wildman–Crippen MR) is 68.6 cm³/mol. The summed E-state index contributed by atoms with van der Waals surface area (Å²) in [7, 11) is 0. The van der Waals surface area contributed by atoms with E-state index < -0.39 is 0 Å². The van der Waals surface area contributed by atoms with Crippen LogP contribution in [0.2, 0.25) is 0 Å². The number of hydrogen-bond donors (Lipinski definition) is 0. The third-order valence-electron chi connectivity index (χ3n) is 3.10. The molecule has 0 N–H and O–H groups in total. The fourth-order valence-corrected chi connectivity index (χ4v) is 1.19. The molecule has 16 heavy (non-hydrogen) atoms. The molecule has 0 aliphatic carbocycles. The number of carbonyl (C=O) groups excluding carboxylic acids is 1. The Morgan fingerprint density at radius 1 is 1.19 bits per heavy atom. The molecule has 0 saturated carbocycles. The zero-order valence-electron chi connectivity index (χ0n) is 12.0. The fourth-order valence-electron chi connectivity index (χ4n) is 1.19. The first-order valence-corrected chi connectivity index (χ1v) is 6.22. The van der Waals surface area contributed by atoms with Crippen LogP contribution in [0.5, 0.6) is 0 Å². The van der Waals surface area contributed by atoms with Gasteiger partial charge in [-0.2, -0.15) is 0 Å². The third-order valence-corrected chi connectivity index (χ3v) is 3.10. The normalized spacial score (nSPS) is 13.2. The van der Waals surface area contributed by atoms with E-state index in [1.807, 2.05) is 13.8 Å². The summed E-state index contributed by atoms with van der Waals surface area (Å²) in [5.41, 5.74) is -0.494. The van der Waals surface area contributed by atoms with Crippen molar-refractivity contribution in [2.45, 2.75) is 66.9 Å². The maximum atomic E-state index is 11.4. The maximum Gasteiger partial charge on any atom is 0.137 e. The molecule has 2 nitrogen and oxygen atoms in total. The van der Waals surface area contributed by atoms with E-state index in [0.29, 0.717) is 12.5 Å². The van der Waals surface area contributed by atoms with E-state index in [9.17, 15) is 4.79 Å². The Hall–Kier alpha value is -0.370. The Morgan fingerprint density at radius 2 is 1.69 bits per heavy atom. The molecule has 0 aromatic rings. The van der Waals surface area contributed by atoms with Gasteiger partial charge in [-0.15, -0.1) is 0 Å². The van der Waals surface area contributed by atoms with Crippen molar-refractivity contribution in [2.24, 2.45) is 11.3 Å². The van der Waals surface area contributed by atoms with Gasteiger partial charge in [-0.25, -0.2) is 0 Å². The van der Waals surface area contributed by atoms with Crippen LogP contribution >= 0.6 is 0 Å². The Balaban J connectivity index is 4.12. The van der Waals surface area contributed by atoms with Gasteiger partial charge in [0, 0.05) is 5.41 Å². The van der Waals surface area contributed by atoms with Gasteiger partial charge in [0.1, 0.15) is 5.78 Å². The number of ether oxygens (including phenoxy) is 1. The second-order valence-corrected chi connectivity index (χ2v) is 6.42. The molecule has 0 saturated heterocycles. The van der Waals surface area contributed by atoms with Gasteiger partial charge < -0.3 is 4.74 Å². The van der Waals surface area contributed by atoms with Crippen LogP contribution in [0, 0.1) is 11.3 Å². The highest BCUT2D eigenvalue weighted by molar-refractivity contribution is 5.81. The number of carbonyl (C=O) groups is 1. The Labute approximate surface area is 101 Å². The molecule has 0 bridgehead atoms. The van der Waals surface area contributed by atoms with Gasteiger partial charge in [0.25, 0.3) is 0 Å². The van der Waals surface area contributed by atoms with Crippen LogP contribution in [-0.4, -0.2) is 18.0 Å². The summed E-state index contributed by atoms with van der Waals surface area (Å²) >= 11 is 0. The predicted octanol–water partition coefficient (Wildman–Crippen LogP) is 3.83. The van der Waals surface area contributed by atoms with Crippen molar-refractivity contribution in [3.63, 3.8) is 0 Å². The van der Waals surface area contributed by atoms with Gasteiger partial charge in [-0.05, 0) is 39.5 Å². The molecule has 2 heteroatoms. The van der Waals surface area contributed by atoms with E-state index in [4.69, 9.17) is 4.74 Å². The second-order valence-electron chi connectivity index (χ2n) is 6.42. The fraction of sp³-hybridized carbons (Fsp3) is 0.929. The van der Waals surface area contributed by atoms with Crippen molar-refractivity contribution < 1.29 is 9.53 Å². The number of hydrogen-bond acceptors (Lipinski definition) is 2. The molecule has 0 aliphatic rings. The zero-order valence-corrected chi connectivity index (χ0v) is 12.0. The van der Waals surface area contributed by atoms with Crippen LogP contribution in [0.1, 0.15) is 61.3 Å². The van der Waals surface area contributed by atoms with Crippen LogP contribution < -0.4 is 0 Å². The van der Waals surface area contributed by atoms with Gasteiger partial charge in [-0.1, -0.05) is 27.7 Å². The largest absolute Gasteiger partial charge is 0.375 e. The molecular weight excluding hydrogens is 200 g/mol. The van der Waals surface area contributed by atoms with Crippen LogP contribution in [0.3, 0.4) is 0 Å². The minimum Gasteiger partial charge on any atom is -0.375 e. The van der Waals surface area contributed by atoms with Crippen molar-refractivity contribution in [1.82, 2.24) is 0 Å². The molecule has 0 aliphatic heterocycles. The van der Waals surface area contributed by atoms with Crippen LogP contribution in [0.15, 0.2) is 0 Å². The first-order valence-electron chi connectivity index (χ1n) is 6.22. The van der Waals surface area contributed by atoms with Gasteiger partial charge in [0.05, 0.1) is 12.2 Å². The summed E-state index contributed by atoms with van der Waals surface area (Å²) in [4.78, 5) is 11.4. The van der Waals surface area contributed by atoms with E-state index in [0.717, 1.165) is 12.8 Å². The summed E-state index contributed by atoms with van der Waals surface area (Å²) in [6.45, 7) is 14.7. The Kier molecular flexibility index (Phi) is 5.67. The molecule has 0 rings (SSSR count). The lowest BCUT2D eigenvalue weighted by atomic mass is 9.89. The Bertz CT molecular complexity index is 227. The molecule has 0 heterocycles. The van der Waals surface area contributed by atoms with E-state index in [-0.39, 0.29) is 16.8 Å². The molecule has 96 valence electrons. The topological polar surface area (TPSA) is 26.3 Å². The van der Waals surface area contributed by atoms with E-state index in [1.165, 1.54) is 0 Å². The van der Waals surface area contributed by atoms with E-state index in [2.05, 4.69) is 27.7 Å². The van der Waals surface area contributed by atoms with Crippen molar-refractivity contribution in [3.05, 3.63) is 0 Å². The van der Waals surface area contributed by atoms with E-state index in [1.54, 1.807) is 6.92 Å². The maximum absolute atomic E-state index is 11.4. The third kappa shape index (κ3) is 6.26. The van der Waals surface area contributed by atoms with Gasteiger partial charge in [-0.3, -0.25) is 4.79 Å². The molecule has 0 fully saturated rings. The van der Waals surface area contributed by atoms with Crippen molar-refractivity contribution in [2.75, 3.05) is 6.61 Å². The number of ketones is 1. The summed E-state index contributed by atoms with van der Waals surface area (Å²) in [6, 6.07) is 0. The minimum atomic E-state index is -0.366. The number of Topliss-reactive ketones (excluding diaryl/α,β-unsaturated/α-hetero) is 1. The standard InChI is InChI=1S/C14H28O2/c1-11(2)8-9-14(6,7)16-10-13(4,5)12(3)15/h11H,8-10H2,1-7H3. The zero-order chi connectivity index (χ0) is 13.0. The van der Waals surface area contributed by atoms with E-state index >= 15 is 0 Å². The van der Waals surface area contributed by atoms with Crippen LogP contribution in [-0.2, 0) is 9.53 Å². The molecule has 0 amide bonds. The Morgan fingerprint density at radius 3 is 2.06 bits per heavy atom. The summed E-state index contributed by atoms with van der Waals surface area (Å²) in [5.74, 6) is 0.885. The SMILES string of the molecule is CC(=O)C(C)(C)COC(C)(C)CCC(C)C. The lowest BCUT2D eigenvalue weighted by Gasteiger charge is -2.31. The van der Waals surface area contributed by atoms with Crippen LogP contribution in [0.25, 0.3) is 0 Å². The molecule has 0 radical (unpaired) electrons. The molecule has 0 atom stereocenters. The summed E-state index contributed by atoms with van der Waals surface area (Å²) < 4.78 is 5.89. The molecular formula is C14H28O2. The highest BCUT2D eigenvalue weighted by Gasteiger charge is 2.28. The molecule has 0 unspecified atom stereocenters. The lowest BCUT2D eigenvalue weighted by molar-refractivity contribution is -0.132. The highest BCUT2D eigenvalue weighted by atomic mass is 16.5. The first kappa shape index (κ1) is 15.6. The minimum absolute atomic E-state index is 0.128. The molecule has 0 aromatic carbocycles. The first-order chi connectivity index (χ1) is 7.07. The van der Waals surface area contributed by atoms with Crippen molar-refractivity contribution >= 4 is 5.78 Å². The number of rotatable bonds is 7.